The van der Waals surface area contributed by atoms with Crippen LogP contribution in [0.25, 0.3) is 30.7 Å². The van der Waals surface area contributed by atoms with E-state index in [4.69, 9.17) is 0 Å². The van der Waals surface area contributed by atoms with Crippen molar-refractivity contribution in [2.75, 3.05) is 0 Å². The highest BCUT2D eigenvalue weighted by Gasteiger charge is 2.19. The van der Waals surface area contributed by atoms with E-state index in [1.165, 1.54) is 20.5 Å². The molecule has 0 atom stereocenters. The number of fused-ring (bicyclic) bond motifs is 3. The number of thiophene rings is 1. The lowest BCUT2D eigenvalue weighted by atomic mass is 9.94. The lowest BCUT2D eigenvalue weighted by molar-refractivity contribution is 0.0993. The lowest BCUT2D eigenvalue weighted by Gasteiger charge is -2.10. The molecule has 0 saturated carbocycles. The molecule has 0 amide bonds. The van der Waals surface area contributed by atoms with Gasteiger partial charge in [-0.25, -0.2) is 4.98 Å². The number of ketones is 1. The number of hydrogen-bond donors (Lipinski definition) is 0. The molecule has 0 bridgehead atoms. The van der Waals surface area contributed by atoms with Crippen molar-refractivity contribution in [2.24, 2.45) is 4.99 Å². The zero-order valence-corrected chi connectivity index (χ0v) is 18.5. The first-order valence-electron chi connectivity index (χ1n) is 10.2. The first-order chi connectivity index (χ1) is 15.1. The third-order valence-corrected chi connectivity index (χ3v) is 7.80. The highest BCUT2D eigenvalue weighted by Crippen LogP contribution is 2.38. The van der Waals surface area contributed by atoms with Crippen molar-refractivity contribution in [2.45, 2.75) is 19.9 Å². The molecule has 3 aromatic carbocycles. The smallest absolute Gasteiger partial charge is 0.167 e. The Kier molecular flexibility index (Phi) is 4.33. The van der Waals surface area contributed by atoms with E-state index in [9.17, 15) is 4.79 Å². The minimum Gasteiger partial charge on any atom is -0.294 e. The number of carbonyl (C=O) groups excluding carboxylic acids is 1. The number of hydrogen-bond acceptors (Lipinski definition) is 5. The van der Waals surface area contributed by atoms with Crippen LogP contribution >= 0.6 is 22.7 Å². The Hall–Kier alpha value is -3.15. The van der Waals surface area contributed by atoms with Crippen LogP contribution in [-0.2, 0) is 13.0 Å². The van der Waals surface area contributed by atoms with E-state index in [1.807, 2.05) is 31.3 Å². The van der Waals surface area contributed by atoms with Gasteiger partial charge < -0.3 is 0 Å². The molecule has 2 aromatic heterocycles. The molecule has 150 valence electrons. The third-order valence-electron chi connectivity index (χ3n) is 5.70. The molecule has 31 heavy (non-hydrogen) atoms. The number of thiazole rings is 1. The summed E-state index contributed by atoms with van der Waals surface area (Å²) in [6, 6.07) is 20.8. The monoisotopic (exact) mass is 438 g/mol. The average Bonchev–Trinajstić information content (AvgIpc) is 3.49. The predicted molar refractivity (Wildman–Crippen MR) is 131 cm³/mol. The van der Waals surface area contributed by atoms with Gasteiger partial charge in [0, 0.05) is 27.8 Å². The predicted octanol–water partition coefficient (Wildman–Crippen LogP) is 6.84. The second kappa shape index (κ2) is 7.22. The van der Waals surface area contributed by atoms with E-state index in [2.05, 4.69) is 52.4 Å². The number of Topliss-reactive ketones (excluding diaryl/α,β-unsaturated/α-hetero) is 1. The number of carbonyl (C=O) groups is 1. The van der Waals surface area contributed by atoms with Gasteiger partial charge in [-0.05, 0) is 71.0 Å². The van der Waals surface area contributed by atoms with Gasteiger partial charge in [0.2, 0.25) is 0 Å². The summed E-state index contributed by atoms with van der Waals surface area (Å²) in [7, 11) is 0. The summed E-state index contributed by atoms with van der Waals surface area (Å²) in [6.45, 7) is 2.68. The maximum absolute atomic E-state index is 13.3. The van der Waals surface area contributed by atoms with Crippen LogP contribution < -0.4 is 0 Å². The van der Waals surface area contributed by atoms with Gasteiger partial charge in [-0.15, -0.1) is 22.7 Å². The van der Waals surface area contributed by atoms with Crippen molar-refractivity contribution in [1.29, 1.82) is 0 Å². The van der Waals surface area contributed by atoms with Crippen LogP contribution in [0, 0.1) is 6.92 Å². The van der Waals surface area contributed by atoms with Crippen LogP contribution in [0.3, 0.4) is 0 Å². The van der Waals surface area contributed by atoms with Crippen LogP contribution in [0.4, 0.5) is 0 Å². The van der Waals surface area contributed by atoms with E-state index in [1.54, 1.807) is 22.7 Å². The molecule has 6 rings (SSSR count). The fourth-order valence-electron chi connectivity index (χ4n) is 4.20. The van der Waals surface area contributed by atoms with Gasteiger partial charge in [0.15, 0.2) is 5.78 Å². The highest BCUT2D eigenvalue weighted by molar-refractivity contribution is 7.22. The number of rotatable bonds is 4. The van der Waals surface area contributed by atoms with Crippen LogP contribution in [0.2, 0.25) is 0 Å². The summed E-state index contributed by atoms with van der Waals surface area (Å²) in [6.07, 6.45) is 2.27. The molecule has 5 aromatic rings. The van der Waals surface area contributed by atoms with Crippen molar-refractivity contribution in [3.8, 4) is 10.4 Å². The summed E-state index contributed by atoms with van der Waals surface area (Å²) in [5.74, 6) is 0.122. The molecule has 1 aliphatic heterocycles. The molecule has 0 N–H and O–H groups in total. The summed E-state index contributed by atoms with van der Waals surface area (Å²) in [5, 5.41) is 2.28. The molecule has 5 heteroatoms. The summed E-state index contributed by atoms with van der Waals surface area (Å²) >= 11 is 3.45. The standard InChI is InChI=1S/C26H18N2OS2/c1-15-28-22-8-16(6-7-25(22)30-15)9-23(29)18-10-19-13-27-14-21(19)20(11-18)26-12-17-4-2-3-5-24(17)31-26/h2-8,10-13H,9,14H2,1H3. The number of aromatic nitrogens is 1. The normalized spacial score (nSPS) is 12.7. The van der Waals surface area contributed by atoms with Gasteiger partial charge >= 0.3 is 0 Å². The van der Waals surface area contributed by atoms with Crippen molar-refractivity contribution >= 4 is 55.0 Å². The van der Waals surface area contributed by atoms with Crippen molar-refractivity contribution in [3.63, 3.8) is 0 Å². The summed E-state index contributed by atoms with van der Waals surface area (Å²) < 4.78 is 2.42. The van der Waals surface area contributed by atoms with Gasteiger partial charge in [-0.1, -0.05) is 24.3 Å². The van der Waals surface area contributed by atoms with Crippen LogP contribution in [0.1, 0.15) is 32.1 Å². The second-order valence-corrected chi connectivity index (χ2v) is 10.2. The first kappa shape index (κ1) is 18.6. The first-order valence-corrected chi connectivity index (χ1v) is 11.8. The van der Waals surface area contributed by atoms with Crippen molar-refractivity contribution in [1.82, 2.24) is 4.98 Å². The van der Waals surface area contributed by atoms with Gasteiger partial charge in [-0.3, -0.25) is 9.79 Å². The van der Waals surface area contributed by atoms with E-state index in [-0.39, 0.29) is 5.78 Å². The summed E-state index contributed by atoms with van der Waals surface area (Å²) in [5.41, 5.74) is 6.12. The largest absolute Gasteiger partial charge is 0.294 e. The Bertz CT molecular complexity index is 1490. The Morgan fingerprint density at radius 2 is 1.90 bits per heavy atom. The number of nitrogens with zero attached hydrogens (tertiary/aromatic N) is 2. The highest BCUT2D eigenvalue weighted by atomic mass is 32.1. The molecule has 1 aliphatic rings. The average molecular weight is 439 g/mol. The lowest BCUT2D eigenvalue weighted by Crippen LogP contribution is -2.05. The van der Waals surface area contributed by atoms with E-state index >= 15 is 0 Å². The molecule has 3 nitrogen and oxygen atoms in total. The third kappa shape index (κ3) is 3.30. The fraction of sp³-hybridized carbons (Fsp3) is 0.115. The Morgan fingerprint density at radius 1 is 1.00 bits per heavy atom. The molecule has 0 unspecified atom stereocenters. The molecule has 0 radical (unpaired) electrons. The van der Waals surface area contributed by atoms with E-state index in [0.29, 0.717) is 13.0 Å². The molecule has 0 fully saturated rings. The quantitative estimate of drug-likeness (QED) is 0.288. The van der Waals surface area contributed by atoms with Gasteiger partial charge in [0.25, 0.3) is 0 Å². The Morgan fingerprint density at radius 3 is 2.81 bits per heavy atom. The van der Waals surface area contributed by atoms with Gasteiger partial charge in [-0.2, -0.15) is 0 Å². The second-order valence-electron chi connectivity index (χ2n) is 7.84. The number of aryl methyl sites for hydroxylation is 1. The maximum Gasteiger partial charge on any atom is 0.167 e. The molecule has 0 aliphatic carbocycles. The van der Waals surface area contributed by atoms with Crippen molar-refractivity contribution in [3.05, 3.63) is 87.9 Å². The molecule has 0 spiro atoms. The van der Waals surface area contributed by atoms with Crippen molar-refractivity contribution < 1.29 is 4.79 Å². The molecule has 3 heterocycles. The topological polar surface area (TPSA) is 42.3 Å². The van der Waals surface area contributed by atoms with Crippen LogP contribution in [-0.4, -0.2) is 17.0 Å². The fourth-order valence-corrected chi connectivity index (χ4v) is 6.12. The molecular formula is C26H18N2OS2. The molecular weight excluding hydrogens is 420 g/mol. The summed E-state index contributed by atoms with van der Waals surface area (Å²) in [4.78, 5) is 23.5. The van der Waals surface area contributed by atoms with Gasteiger partial charge in [0.05, 0.1) is 21.8 Å². The maximum atomic E-state index is 13.3. The number of benzene rings is 3. The van der Waals surface area contributed by atoms with Crippen LogP contribution in [0.15, 0.2) is 65.7 Å². The molecule has 0 saturated heterocycles. The minimum absolute atomic E-state index is 0.122. The SMILES string of the molecule is Cc1nc2cc(CC(=O)c3cc4c(c(-c5cc6ccccc6s5)c3)CN=C4)ccc2s1. The van der Waals surface area contributed by atoms with E-state index in [0.717, 1.165) is 37.5 Å². The Balaban J connectivity index is 1.39. The van der Waals surface area contributed by atoms with Crippen LogP contribution in [0.5, 0.6) is 0 Å². The number of aliphatic imine (C=N–C) groups is 1. The Labute approximate surface area is 187 Å². The zero-order chi connectivity index (χ0) is 20.9. The minimum atomic E-state index is 0.122. The zero-order valence-electron chi connectivity index (χ0n) is 16.9. The van der Waals surface area contributed by atoms with Gasteiger partial charge in [0.1, 0.15) is 0 Å². The van der Waals surface area contributed by atoms with E-state index < -0.39 is 0 Å².